The van der Waals surface area contributed by atoms with Crippen LogP contribution in [0, 0.1) is 0 Å². The number of carbonyl (C=O) groups excluding carboxylic acids is 1. The van der Waals surface area contributed by atoms with Crippen LogP contribution in [-0.2, 0) is 24.1 Å². The summed E-state index contributed by atoms with van der Waals surface area (Å²) in [6, 6.07) is 5.31. The molecule has 0 unspecified atom stereocenters. The monoisotopic (exact) mass is 385 g/mol. The minimum Gasteiger partial charge on any atom is -0.450 e. The summed E-state index contributed by atoms with van der Waals surface area (Å²) in [5.41, 5.74) is 2.58. The van der Waals surface area contributed by atoms with Gasteiger partial charge in [-0.1, -0.05) is 30.1 Å². The SMILES string of the molecule is CCOC(=O)Nc1c(Cc2cc(Cl)cc(Cl)c2)c(CC)nn1CCO. The third-order valence-corrected chi connectivity index (χ3v) is 4.02. The molecule has 0 saturated carbocycles. The molecule has 0 radical (unpaired) electrons. The predicted molar refractivity (Wildman–Crippen MR) is 98.6 cm³/mol. The van der Waals surface area contributed by atoms with Gasteiger partial charge >= 0.3 is 6.09 Å². The highest BCUT2D eigenvalue weighted by molar-refractivity contribution is 6.34. The summed E-state index contributed by atoms with van der Waals surface area (Å²) < 4.78 is 6.55. The molecule has 0 aliphatic carbocycles. The number of ether oxygens (including phenoxy) is 1. The first-order chi connectivity index (χ1) is 12.0. The number of aliphatic hydroxyl groups excluding tert-OH is 1. The van der Waals surface area contributed by atoms with E-state index in [1.54, 1.807) is 17.7 Å². The lowest BCUT2D eigenvalue weighted by Crippen LogP contribution is -2.18. The van der Waals surface area contributed by atoms with E-state index in [1.807, 2.05) is 19.1 Å². The molecule has 0 bridgehead atoms. The van der Waals surface area contributed by atoms with Gasteiger partial charge in [-0.25, -0.2) is 9.48 Å². The van der Waals surface area contributed by atoms with E-state index in [0.717, 1.165) is 16.8 Å². The Bertz CT molecular complexity index is 727. The van der Waals surface area contributed by atoms with E-state index < -0.39 is 6.09 Å². The molecular formula is C17H21Cl2N3O3. The molecule has 1 amide bonds. The van der Waals surface area contributed by atoms with Crippen molar-refractivity contribution in [3.8, 4) is 0 Å². The second-order valence-corrected chi connectivity index (χ2v) is 6.25. The topological polar surface area (TPSA) is 76.4 Å². The number of benzene rings is 1. The maximum atomic E-state index is 11.9. The summed E-state index contributed by atoms with van der Waals surface area (Å²) in [5, 5.41) is 17.6. The van der Waals surface area contributed by atoms with Crippen molar-refractivity contribution >= 4 is 35.1 Å². The van der Waals surface area contributed by atoms with E-state index in [9.17, 15) is 9.90 Å². The number of hydrogen-bond acceptors (Lipinski definition) is 4. The van der Waals surface area contributed by atoms with Gasteiger partial charge in [-0.05, 0) is 37.1 Å². The molecular weight excluding hydrogens is 365 g/mol. The van der Waals surface area contributed by atoms with Crippen LogP contribution in [0.1, 0.15) is 30.7 Å². The summed E-state index contributed by atoms with van der Waals surface area (Å²) in [6.07, 6.45) is 0.616. The zero-order chi connectivity index (χ0) is 18.4. The molecule has 136 valence electrons. The number of carbonyl (C=O) groups is 1. The van der Waals surface area contributed by atoms with Crippen LogP contribution >= 0.6 is 23.2 Å². The van der Waals surface area contributed by atoms with Crippen molar-refractivity contribution in [2.45, 2.75) is 33.2 Å². The summed E-state index contributed by atoms with van der Waals surface area (Å²) >= 11 is 12.2. The lowest BCUT2D eigenvalue weighted by molar-refractivity contribution is 0.167. The first-order valence-corrected chi connectivity index (χ1v) is 8.82. The van der Waals surface area contributed by atoms with Gasteiger partial charge in [-0.2, -0.15) is 5.10 Å². The molecule has 0 fully saturated rings. The van der Waals surface area contributed by atoms with Gasteiger partial charge in [0.1, 0.15) is 5.82 Å². The molecule has 0 aliphatic heterocycles. The molecule has 0 atom stereocenters. The van der Waals surface area contributed by atoms with E-state index in [1.165, 1.54) is 0 Å². The summed E-state index contributed by atoms with van der Waals surface area (Å²) in [5.74, 6) is 0.514. The standard InChI is InChI=1S/C17H21Cl2N3O3/c1-3-15-14(9-11-7-12(18)10-13(19)8-11)16(20-17(24)25-4-2)22(21-15)5-6-23/h7-8,10,23H,3-6,9H2,1-2H3,(H,20,24). The smallest absolute Gasteiger partial charge is 0.412 e. The molecule has 6 nitrogen and oxygen atoms in total. The Morgan fingerprint density at radius 3 is 2.52 bits per heavy atom. The molecule has 8 heteroatoms. The Kier molecular flexibility index (Phi) is 7.11. The fourth-order valence-corrected chi connectivity index (χ4v) is 3.17. The third-order valence-electron chi connectivity index (χ3n) is 3.58. The lowest BCUT2D eigenvalue weighted by atomic mass is 10.0. The second kappa shape index (κ2) is 9.08. The fraction of sp³-hybridized carbons (Fsp3) is 0.412. The van der Waals surface area contributed by atoms with Crippen LogP contribution in [0.15, 0.2) is 18.2 Å². The zero-order valence-corrected chi connectivity index (χ0v) is 15.7. The number of amides is 1. The first kappa shape index (κ1) is 19.6. The number of halogens is 2. The van der Waals surface area contributed by atoms with Crippen LogP contribution in [0.4, 0.5) is 10.6 Å². The van der Waals surface area contributed by atoms with E-state index in [2.05, 4.69) is 10.4 Å². The van der Waals surface area contributed by atoms with Crippen LogP contribution in [0.2, 0.25) is 10.0 Å². The Labute approximate surface area is 156 Å². The average molecular weight is 386 g/mol. The number of hydrogen-bond donors (Lipinski definition) is 2. The molecule has 25 heavy (non-hydrogen) atoms. The van der Waals surface area contributed by atoms with Gasteiger partial charge in [-0.15, -0.1) is 0 Å². The van der Waals surface area contributed by atoms with Crippen molar-refractivity contribution in [3.63, 3.8) is 0 Å². The summed E-state index contributed by atoms with van der Waals surface area (Å²) in [4.78, 5) is 11.9. The number of nitrogens with one attached hydrogen (secondary N) is 1. The highest BCUT2D eigenvalue weighted by Crippen LogP contribution is 2.27. The quantitative estimate of drug-likeness (QED) is 0.757. The van der Waals surface area contributed by atoms with Gasteiger partial charge in [0, 0.05) is 22.0 Å². The molecule has 1 aromatic heterocycles. The van der Waals surface area contributed by atoms with Crippen molar-refractivity contribution in [2.24, 2.45) is 0 Å². The number of aliphatic hydroxyl groups is 1. The Balaban J connectivity index is 2.43. The highest BCUT2D eigenvalue weighted by atomic mass is 35.5. The number of aryl methyl sites for hydroxylation is 1. The molecule has 2 rings (SSSR count). The van der Waals surface area contributed by atoms with Crippen molar-refractivity contribution in [1.82, 2.24) is 9.78 Å². The van der Waals surface area contributed by atoms with Gasteiger partial charge in [0.25, 0.3) is 0 Å². The Hall–Kier alpha value is -1.76. The van der Waals surface area contributed by atoms with Gasteiger partial charge < -0.3 is 9.84 Å². The van der Waals surface area contributed by atoms with Crippen molar-refractivity contribution < 1.29 is 14.6 Å². The van der Waals surface area contributed by atoms with Crippen molar-refractivity contribution in [2.75, 3.05) is 18.5 Å². The minimum atomic E-state index is -0.561. The largest absolute Gasteiger partial charge is 0.450 e. The number of nitrogens with zero attached hydrogens (tertiary/aromatic N) is 2. The summed E-state index contributed by atoms with van der Waals surface area (Å²) in [7, 11) is 0. The van der Waals surface area contributed by atoms with Gasteiger partial charge in [0.05, 0.1) is 25.5 Å². The number of aromatic nitrogens is 2. The van der Waals surface area contributed by atoms with Crippen LogP contribution < -0.4 is 5.32 Å². The summed E-state index contributed by atoms with van der Waals surface area (Å²) in [6.45, 7) is 4.15. The van der Waals surface area contributed by atoms with E-state index in [4.69, 9.17) is 27.9 Å². The van der Waals surface area contributed by atoms with Gasteiger partial charge in [0.2, 0.25) is 0 Å². The highest BCUT2D eigenvalue weighted by Gasteiger charge is 2.20. The van der Waals surface area contributed by atoms with Crippen LogP contribution in [-0.4, -0.2) is 34.2 Å². The fourth-order valence-electron chi connectivity index (χ4n) is 2.60. The Morgan fingerprint density at radius 2 is 1.96 bits per heavy atom. The maximum Gasteiger partial charge on any atom is 0.412 e. The molecule has 1 heterocycles. The minimum absolute atomic E-state index is 0.0925. The normalized spacial score (nSPS) is 10.8. The van der Waals surface area contributed by atoms with Gasteiger partial charge in [-0.3, -0.25) is 5.32 Å². The molecule has 0 aliphatic rings. The maximum absolute atomic E-state index is 11.9. The Morgan fingerprint density at radius 1 is 1.28 bits per heavy atom. The van der Waals surface area contributed by atoms with Crippen molar-refractivity contribution in [1.29, 1.82) is 0 Å². The molecule has 1 aromatic carbocycles. The number of rotatable bonds is 7. The number of anilines is 1. The zero-order valence-electron chi connectivity index (χ0n) is 14.2. The van der Waals surface area contributed by atoms with E-state index in [0.29, 0.717) is 28.7 Å². The van der Waals surface area contributed by atoms with Crippen LogP contribution in [0.25, 0.3) is 0 Å². The van der Waals surface area contributed by atoms with Crippen molar-refractivity contribution in [3.05, 3.63) is 45.1 Å². The van der Waals surface area contributed by atoms with Crippen LogP contribution in [0.5, 0.6) is 0 Å². The van der Waals surface area contributed by atoms with E-state index >= 15 is 0 Å². The van der Waals surface area contributed by atoms with Crippen LogP contribution in [0.3, 0.4) is 0 Å². The van der Waals surface area contributed by atoms with Gasteiger partial charge in [0.15, 0.2) is 0 Å². The molecule has 0 saturated heterocycles. The molecule has 0 spiro atoms. The third kappa shape index (κ3) is 5.11. The molecule has 2 aromatic rings. The second-order valence-electron chi connectivity index (χ2n) is 5.37. The average Bonchev–Trinajstić information content (AvgIpc) is 2.84. The van der Waals surface area contributed by atoms with E-state index in [-0.39, 0.29) is 19.8 Å². The first-order valence-electron chi connectivity index (χ1n) is 8.06. The lowest BCUT2D eigenvalue weighted by Gasteiger charge is -2.11. The predicted octanol–water partition coefficient (Wildman–Crippen LogP) is 3.90. The molecule has 2 N–H and O–H groups in total.